The van der Waals surface area contributed by atoms with Crippen molar-refractivity contribution in [2.75, 3.05) is 14.1 Å². The Bertz CT molecular complexity index is 444. The summed E-state index contributed by atoms with van der Waals surface area (Å²) in [6, 6.07) is 1.33. The molecule has 0 saturated heterocycles. The molecule has 0 radical (unpaired) electrons. The first-order valence-electron chi connectivity index (χ1n) is 4.73. The fourth-order valence-electron chi connectivity index (χ4n) is 1.32. The second kappa shape index (κ2) is 4.65. The van der Waals surface area contributed by atoms with E-state index in [4.69, 9.17) is 5.11 Å². The van der Waals surface area contributed by atoms with Gasteiger partial charge in [-0.2, -0.15) is 0 Å². The number of H-pyrrole nitrogens is 1. The van der Waals surface area contributed by atoms with Crippen LogP contribution in [0.4, 0.5) is 0 Å². The third kappa shape index (κ3) is 2.73. The van der Waals surface area contributed by atoms with Gasteiger partial charge in [-0.3, -0.25) is 4.79 Å². The van der Waals surface area contributed by atoms with Gasteiger partial charge in [-0.05, 0) is 13.0 Å². The van der Waals surface area contributed by atoms with Crippen molar-refractivity contribution < 1.29 is 14.7 Å². The Morgan fingerprint density at radius 3 is 2.50 bits per heavy atom. The van der Waals surface area contributed by atoms with Crippen LogP contribution in [-0.4, -0.2) is 40.8 Å². The van der Waals surface area contributed by atoms with E-state index in [0.717, 1.165) is 0 Å². The Morgan fingerprint density at radius 1 is 1.44 bits per heavy atom. The summed E-state index contributed by atoms with van der Waals surface area (Å²) in [6.45, 7) is 1.69. The van der Waals surface area contributed by atoms with Crippen molar-refractivity contribution in [2.45, 2.75) is 6.92 Å². The Morgan fingerprint density at radius 2 is 2.06 bits per heavy atom. The molecule has 86 valence electrons. The molecular weight excluding hydrogens is 208 g/mol. The summed E-state index contributed by atoms with van der Waals surface area (Å²) in [4.78, 5) is 26.7. The summed E-state index contributed by atoms with van der Waals surface area (Å²) < 4.78 is 0. The number of hydrogen-bond acceptors (Lipinski definition) is 3. The van der Waals surface area contributed by atoms with Gasteiger partial charge in [-0.15, -0.1) is 0 Å². The van der Waals surface area contributed by atoms with Crippen LogP contribution in [0.3, 0.4) is 0 Å². The number of allylic oxidation sites excluding steroid dienone is 1. The topological polar surface area (TPSA) is 73.4 Å². The highest BCUT2D eigenvalue weighted by Crippen LogP contribution is 2.10. The molecule has 0 aliphatic heterocycles. The molecule has 0 aliphatic carbocycles. The number of aromatic amines is 1. The second-order valence-electron chi connectivity index (χ2n) is 3.71. The van der Waals surface area contributed by atoms with Crippen LogP contribution < -0.4 is 0 Å². The largest absolute Gasteiger partial charge is 0.477 e. The van der Waals surface area contributed by atoms with E-state index in [1.807, 2.05) is 14.1 Å². The highest BCUT2D eigenvalue weighted by atomic mass is 16.4. The van der Waals surface area contributed by atoms with E-state index in [0.29, 0.717) is 11.1 Å². The molecule has 5 nitrogen and oxygen atoms in total. The second-order valence-corrected chi connectivity index (χ2v) is 3.71. The first-order valence-corrected chi connectivity index (χ1v) is 4.73. The predicted molar refractivity (Wildman–Crippen MR) is 59.5 cm³/mol. The minimum absolute atomic E-state index is 0.0148. The monoisotopic (exact) mass is 222 g/mol. The zero-order valence-electron chi connectivity index (χ0n) is 9.44. The summed E-state index contributed by atoms with van der Waals surface area (Å²) >= 11 is 0. The van der Waals surface area contributed by atoms with Gasteiger partial charge in [-0.1, -0.05) is 0 Å². The number of carbonyl (C=O) groups is 2. The van der Waals surface area contributed by atoms with Gasteiger partial charge < -0.3 is 15.0 Å². The summed E-state index contributed by atoms with van der Waals surface area (Å²) in [5.41, 5.74) is 0.926. The first-order chi connectivity index (χ1) is 7.41. The number of aromatic nitrogens is 1. The van der Waals surface area contributed by atoms with E-state index in [1.165, 1.54) is 12.3 Å². The maximum atomic E-state index is 11.8. The molecule has 2 N–H and O–H groups in total. The Balaban J connectivity index is 2.93. The van der Waals surface area contributed by atoms with Crippen molar-refractivity contribution in [3.05, 3.63) is 35.3 Å². The fourth-order valence-corrected chi connectivity index (χ4v) is 1.32. The van der Waals surface area contributed by atoms with Gasteiger partial charge in [0.25, 0.3) is 0 Å². The summed E-state index contributed by atoms with van der Waals surface area (Å²) in [6.07, 6.45) is 3.09. The lowest BCUT2D eigenvalue weighted by Crippen LogP contribution is -2.07. The Kier molecular flexibility index (Phi) is 3.50. The first kappa shape index (κ1) is 12.0. The molecule has 0 spiro atoms. The fraction of sp³-hybridized carbons (Fsp3) is 0.273. The number of ketones is 1. The van der Waals surface area contributed by atoms with Gasteiger partial charge in [-0.25, -0.2) is 4.79 Å². The number of rotatable bonds is 4. The molecule has 1 heterocycles. The minimum atomic E-state index is -1.08. The maximum absolute atomic E-state index is 11.8. The number of nitrogens with zero attached hydrogens (tertiary/aromatic N) is 1. The minimum Gasteiger partial charge on any atom is -0.477 e. The Labute approximate surface area is 93.4 Å². The molecule has 5 heteroatoms. The number of carboxylic acids is 1. The van der Waals surface area contributed by atoms with Gasteiger partial charge in [0.05, 0.1) is 0 Å². The molecule has 0 fully saturated rings. The smallest absolute Gasteiger partial charge is 0.352 e. The molecule has 1 rings (SSSR count). The van der Waals surface area contributed by atoms with Crippen LogP contribution in [0, 0.1) is 0 Å². The predicted octanol–water partition coefficient (Wildman–Crippen LogP) is 1.36. The lowest BCUT2D eigenvalue weighted by atomic mass is 10.1. The van der Waals surface area contributed by atoms with Crippen molar-refractivity contribution in [3.63, 3.8) is 0 Å². The van der Waals surface area contributed by atoms with Crippen LogP contribution in [0.2, 0.25) is 0 Å². The lowest BCUT2D eigenvalue weighted by Gasteiger charge is -2.06. The zero-order valence-corrected chi connectivity index (χ0v) is 9.44. The van der Waals surface area contributed by atoms with Crippen LogP contribution in [0.5, 0.6) is 0 Å². The van der Waals surface area contributed by atoms with Crippen molar-refractivity contribution in [1.29, 1.82) is 0 Å². The number of carboxylic acid groups (broad SMARTS) is 1. The van der Waals surface area contributed by atoms with Gasteiger partial charge in [0.1, 0.15) is 5.69 Å². The molecule has 0 amide bonds. The SMILES string of the molecule is CC(=CN(C)C)C(=O)c1c[nH]c(C(=O)O)c1. The third-order valence-electron chi connectivity index (χ3n) is 1.99. The average molecular weight is 222 g/mol. The maximum Gasteiger partial charge on any atom is 0.352 e. The summed E-state index contributed by atoms with van der Waals surface area (Å²) in [7, 11) is 3.63. The molecule has 0 atom stereocenters. The van der Waals surface area contributed by atoms with Crippen LogP contribution in [0.1, 0.15) is 27.8 Å². The summed E-state index contributed by atoms with van der Waals surface area (Å²) in [5, 5.41) is 8.70. The standard InChI is InChI=1S/C11H14N2O3/c1-7(6-13(2)3)10(14)8-4-9(11(15)16)12-5-8/h4-6,12H,1-3H3,(H,15,16). The highest BCUT2D eigenvalue weighted by Gasteiger charge is 2.13. The van der Waals surface area contributed by atoms with Crippen LogP contribution >= 0.6 is 0 Å². The van der Waals surface area contributed by atoms with E-state index in [9.17, 15) is 9.59 Å². The average Bonchev–Trinajstić information content (AvgIpc) is 2.64. The lowest BCUT2D eigenvalue weighted by molar-refractivity contribution is 0.0691. The third-order valence-corrected chi connectivity index (χ3v) is 1.99. The molecule has 0 aromatic carbocycles. The van der Waals surface area contributed by atoms with Crippen LogP contribution in [0.25, 0.3) is 0 Å². The number of carbonyl (C=O) groups excluding carboxylic acids is 1. The van der Waals surface area contributed by atoms with E-state index in [-0.39, 0.29) is 11.5 Å². The quantitative estimate of drug-likeness (QED) is 0.596. The molecule has 16 heavy (non-hydrogen) atoms. The van der Waals surface area contributed by atoms with Crippen molar-refractivity contribution in [3.8, 4) is 0 Å². The van der Waals surface area contributed by atoms with Crippen LogP contribution in [0.15, 0.2) is 24.0 Å². The molecule has 0 unspecified atom stereocenters. The van der Waals surface area contributed by atoms with Gasteiger partial charge >= 0.3 is 5.97 Å². The Hall–Kier alpha value is -2.04. The van der Waals surface area contributed by atoms with Crippen molar-refractivity contribution >= 4 is 11.8 Å². The van der Waals surface area contributed by atoms with Crippen molar-refractivity contribution in [1.82, 2.24) is 9.88 Å². The van der Waals surface area contributed by atoms with E-state index in [2.05, 4.69) is 4.98 Å². The molecule has 1 aromatic rings. The van der Waals surface area contributed by atoms with Gasteiger partial charge in [0.15, 0.2) is 5.78 Å². The molecular formula is C11H14N2O3. The number of aromatic carboxylic acids is 1. The molecule has 1 aromatic heterocycles. The van der Waals surface area contributed by atoms with Gasteiger partial charge in [0.2, 0.25) is 0 Å². The highest BCUT2D eigenvalue weighted by molar-refractivity contribution is 6.09. The van der Waals surface area contributed by atoms with E-state index >= 15 is 0 Å². The zero-order chi connectivity index (χ0) is 12.3. The number of Topliss-reactive ketones (excluding diaryl/α,β-unsaturated/α-hetero) is 1. The summed E-state index contributed by atoms with van der Waals surface area (Å²) in [5.74, 6) is -1.26. The van der Waals surface area contributed by atoms with Crippen molar-refractivity contribution in [2.24, 2.45) is 0 Å². The normalized spacial score (nSPS) is 11.3. The van der Waals surface area contributed by atoms with Gasteiger partial charge in [0, 0.05) is 37.6 Å². The molecule has 0 aliphatic rings. The molecule has 0 bridgehead atoms. The van der Waals surface area contributed by atoms with E-state index < -0.39 is 5.97 Å². The van der Waals surface area contributed by atoms with E-state index in [1.54, 1.807) is 18.0 Å². The number of hydrogen-bond donors (Lipinski definition) is 2. The van der Waals surface area contributed by atoms with Crippen LogP contribution in [-0.2, 0) is 0 Å². The molecule has 0 saturated carbocycles. The number of nitrogens with one attached hydrogen (secondary N) is 1.